The average Bonchev–Trinajstić information content (AvgIpc) is 2.85. The minimum absolute atomic E-state index is 0.640. The summed E-state index contributed by atoms with van der Waals surface area (Å²) in [5, 5.41) is 7.10. The van der Waals surface area contributed by atoms with Gasteiger partial charge in [0.1, 0.15) is 0 Å². The first-order chi connectivity index (χ1) is 16.3. The van der Waals surface area contributed by atoms with Crippen molar-refractivity contribution in [1.82, 2.24) is 20.6 Å². The van der Waals surface area contributed by atoms with Crippen molar-refractivity contribution in [3.63, 3.8) is 0 Å². The normalized spacial score (nSPS) is 17.4. The molecule has 0 saturated carbocycles. The molecule has 0 aliphatic carbocycles. The van der Waals surface area contributed by atoms with Crippen LogP contribution in [0.2, 0.25) is 0 Å². The third kappa shape index (κ3) is 8.19. The Morgan fingerprint density at radius 2 is 1.73 bits per heavy atom. The summed E-state index contributed by atoms with van der Waals surface area (Å²) in [5.41, 5.74) is 6.07. The van der Waals surface area contributed by atoms with Crippen LogP contribution in [0.15, 0.2) is 71.9 Å². The summed E-state index contributed by atoms with van der Waals surface area (Å²) in [6.07, 6.45) is 9.09. The van der Waals surface area contributed by atoms with Crippen LogP contribution >= 0.6 is 0 Å². The Kier molecular flexibility index (Phi) is 9.15. The second kappa shape index (κ2) is 13.0. The molecular formula is C28H35N5. The number of fused-ring (bicyclic) bond motifs is 2. The number of nitrogens with zero attached hydrogens (tertiary/aromatic N) is 3. The fourth-order valence-electron chi connectivity index (χ4n) is 4.25. The Labute approximate surface area is 197 Å². The summed E-state index contributed by atoms with van der Waals surface area (Å²) in [5.74, 6) is 0.640. The lowest BCUT2D eigenvalue weighted by Gasteiger charge is -2.17. The zero-order chi connectivity index (χ0) is 22.6. The Morgan fingerprint density at radius 3 is 2.61 bits per heavy atom. The molecule has 0 fully saturated rings. The van der Waals surface area contributed by atoms with E-state index in [0.717, 1.165) is 75.5 Å². The highest BCUT2D eigenvalue weighted by Gasteiger charge is 2.10. The molecule has 172 valence electrons. The number of hydrogen-bond acceptors (Lipinski definition) is 5. The number of aromatic nitrogens is 2. The van der Waals surface area contributed by atoms with Crippen molar-refractivity contribution in [2.24, 2.45) is 10.9 Å². The molecule has 2 aromatic heterocycles. The van der Waals surface area contributed by atoms with Gasteiger partial charge in [-0.1, -0.05) is 36.4 Å². The highest BCUT2D eigenvalue weighted by Crippen LogP contribution is 2.17. The van der Waals surface area contributed by atoms with Gasteiger partial charge in [0.25, 0.3) is 0 Å². The van der Waals surface area contributed by atoms with E-state index in [9.17, 15) is 0 Å². The molecule has 5 heteroatoms. The van der Waals surface area contributed by atoms with Crippen LogP contribution in [0.1, 0.15) is 41.1 Å². The molecule has 1 atom stereocenters. The maximum absolute atomic E-state index is 4.73. The van der Waals surface area contributed by atoms with Crippen LogP contribution < -0.4 is 10.6 Å². The monoisotopic (exact) mass is 441 g/mol. The second-order valence-corrected chi connectivity index (χ2v) is 8.80. The molecule has 0 amide bonds. The zero-order valence-electron chi connectivity index (χ0n) is 19.4. The Balaban J connectivity index is 1.27. The van der Waals surface area contributed by atoms with Crippen LogP contribution in [0.25, 0.3) is 0 Å². The molecule has 4 rings (SSSR count). The Bertz CT molecular complexity index is 985. The smallest absolute Gasteiger partial charge is 0.0541 e. The number of rotatable bonds is 6. The minimum atomic E-state index is 0.640. The van der Waals surface area contributed by atoms with E-state index in [2.05, 4.69) is 69.1 Å². The summed E-state index contributed by atoms with van der Waals surface area (Å²) in [4.78, 5) is 13.8. The predicted molar refractivity (Wildman–Crippen MR) is 136 cm³/mol. The number of aliphatic imine (C=N–C) groups is 1. The molecule has 1 unspecified atom stereocenters. The lowest BCUT2D eigenvalue weighted by molar-refractivity contribution is 0.438. The van der Waals surface area contributed by atoms with E-state index in [1.165, 1.54) is 17.5 Å². The van der Waals surface area contributed by atoms with Gasteiger partial charge >= 0.3 is 0 Å². The SMILES string of the molecule is C1=NCCC(Cc2ccc(CNCc3ccccn3)cc2)CCNCCc2cccc(n2)C1. The van der Waals surface area contributed by atoms with E-state index in [-0.39, 0.29) is 0 Å². The highest BCUT2D eigenvalue weighted by molar-refractivity contribution is 5.60. The Morgan fingerprint density at radius 1 is 0.848 bits per heavy atom. The highest BCUT2D eigenvalue weighted by atomic mass is 14.9. The van der Waals surface area contributed by atoms with Gasteiger partial charge in [0, 0.05) is 62.8 Å². The number of benzene rings is 1. The maximum Gasteiger partial charge on any atom is 0.0541 e. The predicted octanol–water partition coefficient (Wildman–Crippen LogP) is 4.16. The molecule has 0 saturated heterocycles. The van der Waals surface area contributed by atoms with Crippen LogP contribution in [-0.4, -0.2) is 35.8 Å². The quantitative estimate of drug-likeness (QED) is 0.603. The van der Waals surface area contributed by atoms with Gasteiger partial charge in [-0.15, -0.1) is 0 Å². The van der Waals surface area contributed by atoms with Crippen molar-refractivity contribution >= 4 is 6.21 Å². The van der Waals surface area contributed by atoms with Gasteiger partial charge in [0.2, 0.25) is 0 Å². The molecule has 1 aromatic carbocycles. The second-order valence-electron chi connectivity index (χ2n) is 8.80. The van der Waals surface area contributed by atoms with Crippen molar-refractivity contribution in [1.29, 1.82) is 0 Å². The first-order valence-corrected chi connectivity index (χ1v) is 12.2. The van der Waals surface area contributed by atoms with Gasteiger partial charge < -0.3 is 10.6 Å². The number of hydrogen-bond donors (Lipinski definition) is 2. The van der Waals surface area contributed by atoms with Crippen LogP contribution in [0.5, 0.6) is 0 Å². The van der Waals surface area contributed by atoms with Crippen molar-refractivity contribution in [2.45, 2.75) is 45.2 Å². The fourth-order valence-corrected chi connectivity index (χ4v) is 4.25. The molecule has 0 spiro atoms. The van der Waals surface area contributed by atoms with Crippen LogP contribution in [0.3, 0.4) is 0 Å². The summed E-state index contributed by atoms with van der Waals surface area (Å²) in [7, 11) is 0. The maximum atomic E-state index is 4.73. The van der Waals surface area contributed by atoms with Crippen molar-refractivity contribution < 1.29 is 0 Å². The molecule has 5 nitrogen and oxygen atoms in total. The van der Waals surface area contributed by atoms with E-state index in [4.69, 9.17) is 4.98 Å². The number of pyridine rings is 2. The molecule has 0 radical (unpaired) electrons. The van der Waals surface area contributed by atoms with E-state index >= 15 is 0 Å². The third-order valence-corrected chi connectivity index (χ3v) is 6.16. The summed E-state index contributed by atoms with van der Waals surface area (Å²) in [6.45, 7) is 4.57. The molecule has 33 heavy (non-hydrogen) atoms. The van der Waals surface area contributed by atoms with E-state index < -0.39 is 0 Å². The van der Waals surface area contributed by atoms with Gasteiger partial charge in [0.15, 0.2) is 0 Å². The lowest BCUT2D eigenvalue weighted by Crippen LogP contribution is -2.22. The largest absolute Gasteiger partial charge is 0.316 e. The Hall–Kier alpha value is -2.89. The average molecular weight is 442 g/mol. The molecule has 3 heterocycles. The fraction of sp³-hybridized carbons (Fsp3) is 0.393. The molecule has 3 aromatic rings. The first-order valence-electron chi connectivity index (χ1n) is 12.2. The van der Waals surface area contributed by atoms with Crippen molar-refractivity contribution in [2.75, 3.05) is 19.6 Å². The van der Waals surface area contributed by atoms with E-state index in [0.29, 0.717) is 5.92 Å². The standard InChI is InChI=1S/C28H35N5/c1-2-15-32-28(4-1)22-31-21-25-9-7-23(8-10-25)20-24-11-16-29-18-13-26-5-3-6-27(33-26)14-19-30-17-12-24/h1-10,15,18,24,30-31H,11-14,16-17,19-22H2. The van der Waals surface area contributed by atoms with Gasteiger partial charge in [-0.05, 0) is 67.1 Å². The molecule has 2 bridgehead atoms. The van der Waals surface area contributed by atoms with E-state index in [1.54, 1.807) is 0 Å². The first kappa shape index (κ1) is 23.3. The molecular weight excluding hydrogens is 406 g/mol. The van der Waals surface area contributed by atoms with Gasteiger partial charge in [0.05, 0.1) is 5.69 Å². The van der Waals surface area contributed by atoms with Crippen molar-refractivity contribution in [3.8, 4) is 0 Å². The van der Waals surface area contributed by atoms with Gasteiger partial charge in [-0.2, -0.15) is 0 Å². The lowest BCUT2D eigenvalue weighted by atomic mass is 9.92. The van der Waals surface area contributed by atoms with Crippen LogP contribution in [0.4, 0.5) is 0 Å². The van der Waals surface area contributed by atoms with Gasteiger partial charge in [-0.25, -0.2) is 0 Å². The molecule has 2 N–H and O–H groups in total. The third-order valence-electron chi connectivity index (χ3n) is 6.16. The van der Waals surface area contributed by atoms with E-state index in [1.807, 2.05) is 24.5 Å². The van der Waals surface area contributed by atoms with Crippen molar-refractivity contribution in [3.05, 3.63) is 95.1 Å². The van der Waals surface area contributed by atoms with Crippen LogP contribution in [-0.2, 0) is 32.4 Å². The van der Waals surface area contributed by atoms with Gasteiger partial charge in [-0.3, -0.25) is 15.0 Å². The number of nitrogens with one attached hydrogen (secondary N) is 2. The summed E-state index contributed by atoms with van der Waals surface area (Å²) < 4.78 is 0. The molecule has 1 aliphatic heterocycles. The van der Waals surface area contributed by atoms with Crippen LogP contribution in [0, 0.1) is 5.92 Å². The zero-order valence-corrected chi connectivity index (χ0v) is 19.4. The molecule has 1 aliphatic rings. The topological polar surface area (TPSA) is 62.2 Å². The minimum Gasteiger partial charge on any atom is -0.316 e. The summed E-state index contributed by atoms with van der Waals surface area (Å²) >= 11 is 0. The summed E-state index contributed by atoms with van der Waals surface area (Å²) in [6, 6.07) is 21.4.